The molecule has 0 saturated carbocycles. The highest BCUT2D eigenvalue weighted by Gasteiger charge is 2.30. The summed E-state index contributed by atoms with van der Waals surface area (Å²) in [5.41, 5.74) is 5.00. The second-order valence-corrected chi connectivity index (χ2v) is 6.16. The maximum Gasteiger partial charge on any atom is 0.242 e. The molecule has 3 nitrogen and oxygen atoms in total. The van der Waals surface area contributed by atoms with E-state index < -0.39 is 0 Å². The molecule has 0 saturated heterocycles. The molecule has 0 radical (unpaired) electrons. The van der Waals surface area contributed by atoms with Crippen LogP contribution in [-0.4, -0.2) is 5.91 Å². The van der Waals surface area contributed by atoms with Crippen LogP contribution in [0, 0.1) is 0 Å². The lowest BCUT2D eigenvalue weighted by molar-refractivity contribution is -0.124. The minimum Gasteiger partial charge on any atom is -0.348 e. The van der Waals surface area contributed by atoms with E-state index in [0.29, 0.717) is 0 Å². The first-order valence-electron chi connectivity index (χ1n) is 8.02. The van der Waals surface area contributed by atoms with Gasteiger partial charge in [-0.15, -0.1) is 0 Å². The number of benzene rings is 2. The Hall–Kier alpha value is -2.13. The van der Waals surface area contributed by atoms with Gasteiger partial charge in [-0.2, -0.15) is 0 Å². The summed E-state index contributed by atoms with van der Waals surface area (Å²) in [5.74, 6) is 0.0895. The number of fused-ring (bicyclic) bond motifs is 2. The first kappa shape index (κ1) is 13.5. The van der Waals surface area contributed by atoms with Crippen molar-refractivity contribution < 1.29 is 4.79 Å². The molecule has 22 heavy (non-hydrogen) atoms. The van der Waals surface area contributed by atoms with Gasteiger partial charge in [-0.3, -0.25) is 10.1 Å². The van der Waals surface area contributed by atoms with Crippen molar-refractivity contribution >= 4 is 5.91 Å². The molecule has 2 aromatic rings. The molecular weight excluding hydrogens is 272 g/mol. The molecule has 2 unspecified atom stereocenters. The molecule has 1 aliphatic heterocycles. The number of hydrogen-bond donors (Lipinski definition) is 2. The van der Waals surface area contributed by atoms with Crippen molar-refractivity contribution in [3.05, 3.63) is 70.8 Å². The van der Waals surface area contributed by atoms with Crippen LogP contribution >= 0.6 is 0 Å². The second kappa shape index (κ2) is 5.58. The molecule has 1 aliphatic carbocycles. The minimum atomic E-state index is -0.217. The van der Waals surface area contributed by atoms with E-state index in [4.69, 9.17) is 0 Å². The van der Waals surface area contributed by atoms with Crippen LogP contribution in [0.3, 0.4) is 0 Å². The van der Waals surface area contributed by atoms with Gasteiger partial charge in [0, 0.05) is 6.54 Å². The lowest BCUT2D eigenvalue weighted by Gasteiger charge is -2.27. The molecule has 2 aliphatic rings. The Labute approximate surface area is 130 Å². The van der Waals surface area contributed by atoms with Crippen molar-refractivity contribution in [2.45, 2.75) is 37.9 Å². The van der Waals surface area contributed by atoms with Gasteiger partial charge in [0.15, 0.2) is 0 Å². The lowest BCUT2D eigenvalue weighted by atomic mass is 9.87. The molecule has 0 fully saturated rings. The van der Waals surface area contributed by atoms with E-state index in [0.717, 1.165) is 31.4 Å². The molecule has 1 amide bonds. The Bertz CT molecular complexity index is 710. The van der Waals surface area contributed by atoms with Gasteiger partial charge in [-0.05, 0) is 41.5 Å². The SMILES string of the molecule is O=C(NC1CCCc2ccccc21)C1NCc2ccccc21. The number of aryl methyl sites for hydroxylation is 1. The quantitative estimate of drug-likeness (QED) is 0.893. The summed E-state index contributed by atoms with van der Waals surface area (Å²) in [7, 11) is 0. The second-order valence-electron chi connectivity index (χ2n) is 6.16. The summed E-state index contributed by atoms with van der Waals surface area (Å²) < 4.78 is 0. The van der Waals surface area contributed by atoms with Crippen molar-refractivity contribution in [1.82, 2.24) is 10.6 Å². The van der Waals surface area contributed by atoms with Crippen LogP contribution in [0.2, 0.25) is 0 Å². The summed E-state index contributed by atoms with van der Waals surface area (Å²) in [6.45, 7) is 0.773. The van der Waals surface area contributed by atoms with Gasteiger partial charge in [0.25, 0.3) is 0 Å². The largest absolute Gasteiger partial charge is 0.348 e. The fraction of sp³-hybridized carbons (Fsp3) is 0.316. The van der Waals surface area contributed by atoms with Gasteiger partial charge in [0.05, 0.1) is 6.04 Å². The first-order valence-corrected chi connectivity index (χ1v) is 8.02. The Morgan fingerprint density at radius 2 is 1.73 bits per heavy atom. The summed E-state index contributed by atoms with van der Waals surface area (Å²) in [4.78, 5) is 12.7. The van der Waals surface area contributed by atoms with E-state index in [1.807, 2.05) is 18.2 Å². The third kappa shape index (κ3) is 2.32. The van der Waals surface area contributed by atoms with Crippen LogP contribution in [0.25, 0.3) is 0 Å². The Balaban J connectivity index is 1.54. The summed E-state index contributed by atoms with van der Waals surface area (Å²) >= 11 is 0. The standard InChI is InChI=1S/C19H20N2O/c22-19(18-16-10-4-2-7-14(16)12-20-18)21-17-11-5-8-13-6-1-3-9-15(13)17/h1-4,6-7,9-10,17-18,20H,5,8,11-12H2,(H,21,22). The smallest absolute Gasteiger partial charge is 0.242 e. The Kier molecular flexibility index (Phi) is 3.43. The van der Waals surface area contributed by atoms with Crippen LogP contribution in [0.15, 0.2) is 48.5 Å². The molecule has 0 spiro atoms. The molecule has 112 valence electrons. The molecule has 2 N–H and O–H groups in total. The number of carbonyl (C=O) groups is 1. The summed E-state index contributed by atoms with van der Waals surface area (Å²) in [6, 6.07) is 16.6. The maximum absolute atomic E-state index is 12.7. The summed E-state index contributed by atoms with van der Waals surface area (Å²) in [6.07, 6.45) is 3.28. The average molecular weight is 292 g/mol. The fourth-order valence-corrected chi connectivity index (χ4v) is 3.69. The highest BCUT2D eigenvalue weighted by molar-refractivity contribution is 5.84. The third-order valence-corrected chi connectivity index (χ3v) is 4.81. The van der Waals surface area contributed by atoms with Crippen LogP contribution in [0.4, 0.5) is 0 Å². The molecule has 0 aromatic heterocycles. The van der Waals surface area contributed by atoms with Gasteiger partial charge in [0.2, 0.25) is 5.91 Å². The van der Waals surface area contributed by atoms with E-state index >= 15 is 0 Å². The maximum atomic E-state index is 12.7. The average Bonchev–Trinajstić information content (AvgIpc) is 2.99. The molecular formula is C19H20N2O. The molecule has 2 aromatic carbocycles. The number of nitrogens with one attached hydrogen (secondary N) is 2. The molecule has 2 atom stereocenters. The number of rotatable bonds is 2. The van der Waals surface area contributed by atoms with Crippen molar-refractivity contribution in [3.63, 3.8) is 0 Å². The van der Waals surface area contributed by atoms with Crippen molar-refractivity contribution in [2.24, 2.45) is 0 Å². The zero-order chi connectivity index (χ0) is 14.9. The Morgan fingerprint density at radius 1 is 1.00 bits per heavy atom. The van der Waals surface area contributed by atoms with Crippen LogP contribution < -0.4 is 10.6 Å². The Morgan fingerprint density at radius 3 is 2.59 bits per heavy atom. The van der Waals surface area contributed by atoms with Crippen LogP contribution in [-0.2, 0) is 17.8 Å². The predicted octanol–water partition coefficient (Wildman–Crippen LogP) is 3.02. The number of amides is 1. The van der Waals surface area contributed by atoms with E-state index in [2.05, 4.69) is 41.0 Å². The zero-order valence-corrected chi connectivity index (χ0v) is 12.5. The molecule has 3 heteroatoms. The number of hydrogen-bond acceptors (Lipinski definition) is 2. The van der Waals surface area contributed by atoms with Gasteiger partial charge in [-0.1, -0.05) is 48.5 Å². The van der Waals surface area contributed by atoms with E-state index in [1.165, 1.54) is 16.7 Å². The number of carbonyl (C=O) groups excluding carboxylic acids is 1. The predicted molar refractivity (Wildman–Crippen MR) is 86.3 cm³/mol. The van der Waals surface area contributed by atoms with Crippen molar-refractivity contribution in [2.75, 3.05) is 0 Å². The van der Waals surface area contributed by atoms with Gasteiger partial charge < -0.3 is 5.32 Å². The molecule has 0 bridgehead atoms. The van der Waals surface area contributed by atoms with E-state index in [-0.39, 0.29) is 18.0 Å². The topological polar surface area (TPSA) is 41.1 Å². The lowest BCUT2D eigenvalue weighted by Crippen LogP contribution is -2.37. The van der Waals surface area contributed by atoms with Crippen molar-refractivity contribution in [1.29, 1.82) is 0 Å². The minimum absolute atomic E-state index is 0.0895. The highest BCUT2D eigenvalue weighted by atomic mass is 16.2. The van der Waals surface area contributed by atoms with E-state index in [9.17, 15) is 4.79 Å². The van der Waals surface area contributed by atoms with Gasteiger partial charge >= 0.3 is 0 Å². The fourth-order valence-electron chi connectivity index (χ4n) is 3.69. The highest BCUT2D eigenvalue weighted by Crippen LogP contribution is 2.31. The van der Waals surface area contributed by atoms with Crippen LogP contribution in [0.5, 0.6) is 0 Å². The van der Waals surface area contributed by atoms with Crippen molar-refractivity contribution in [3.8, 4) is 0 Å². The van der Waals surface area contributed by atoms with E-state index in [1.54, 1.807) is 0 Å². The first-order chi connectivity index (χ1) is 10.8. The zero-order valence-electron chi connectivity index (χ0n) is 12.5. The normalized spacial score (nSPS) is 22.7. The molecule has 1 heterocycles. The summed E-state index contributed by atoms with van der Waals surface area (Å²) in [5, 5.41) is 6.58. The third-order valence-electron chi connectivity index (χ3n) is 4.81. The van der Waals surface area contributed by atoms with Crippen LogP contribution in [0.1, 0.15) is 47.2 Å². The van der Waals surface area contributed by atoms with Gasteiger partial charge in [-0.25, -0.2) is 0 Å². The molecule has 4 rings (SSSR count). The van der Waals surface area contributed by atoms with Gasteiger partial charge in [0.1, 0.15) is 6.04 Å². The monoisotopic (exact) mass is 292 g/mol.